The monoisotopic (exact) mass is 366 g/mol. The van der Waals surface area contributed by atoms with Crippen molar-refractivity contribution in [1.82, 2.24) is 4.90 Å². The van der Waals surface area contributed by atoms with E-state index in [0.717, 1.165) is 6.07 Å². The molecule has 0 aliphatic carbocycles. The molecule has 0 spiro atoms. The molecular formula is C16H18N2O8. The Bertz CT molecular complexity index is 765. The Kier molecular flexibility index (Phi) is 4.68. The van der Waals surface area contributed by atoms with E-state index >= 15 is 0 Å². The summed E-state index contributed by atoms with van der Waals surface area (Å²) in [4.78, 5) is 36.5. The lowest BCUT2D eigenvalue weighted by atomic mass is 9.88. The van der Waals surface area contributed by atoms with Gasteiger partial charge in [-0.1, -0.05) is 0 Å². The number of carbonyl (C=O) groups excluding carboxylic acids is 1. The van der Waals surface area contributed by atoms with Crippen LogP contribution in [-0.4, -0.2) is 66.8 Å². The van der Waals surface area contributed by atoms with Crippen molar-refractivity contribution in [3.63, 3.8) is 0 Å². The number of amides is 1. The summed E-state index contributed by atoms with van der Waals surface area (Å²) in [6.07, 6.45) is 0.209. The molecule has 1 unspecified atom stereocenters. The van der Waals surface area contributed by atoms with Gasteiger partial charge in [-0.15, -0.1) is 0 Å². The molecule has 10 heteroatoms. The number of likely N-dealkylation sites (tertiary alicyclic amines) is 1. The van der Waals surface area contributed by atoms with Crippen LogP contribution < -0.4 is 9.47 Å². The van der Waals surface area contributed by atoms with Gasteiger partial charge < -0.3 is 24.2 Å². The van der Waals surface area contributed by atoms with Crippen molar-refractivity contribution < 1.29 is 33.8 Å². The van der Waals surface area contributed by atoms with Crippen molar-refractivity contribution in [2.75, 3.05) is 40.0 Å². The second-order valence-corrected chi connectivity index (χ2v) is 6.27. The minimum absolute atomic E-state index is 0.0463. The molecule has 1 atom stereocenters. The molecule has 3 rings (SSSR count). The second kappa shape index (κ2) is 6.79. The zero-order valence-corrected chi connectivity index (χ0v) is 14.1. The number of rotatable bonds is 5. The topological polar surface area (TPSA) is 128 Å². The number of hydrogen-bond acceptors (Lipinski definition) is 7. The summed E-state index contributed by atoms with van der Waals surface area (Å²) in [6.45, 7) is 0.579. The quantitative estimate of drug-likeness (QED) is 0.602. The third kappa shape index (κ3) is 3.03. The molecule has 0 bridgehead atoms. The maximum atomic E-state index is 12.9. The summed E-state index contributed by atoms with van der Waals surface area (Å²) in [6, 6.07) is 2.45. The number of ether oxygens (including phenoxy) is 3. The van der Waals surface area contributed by atoms with Gasteiger partial charge in [-0.05, 0) is 6.42 Å². The van der Waals surface area contributed by atoms with Gasteiger partial charge in [0, 0.05) is 26.3 Å². The summed E-state index contributed by atoms with van der Waals surface area (Å²) < 4.78 is 15.7. The molecule has 1 amide bonds. The Morgan fingerprint density at radius 2 is 2.00 bits per heavy atom. The van der Waals surface area contributed by atoms with E-state index in [4.69, 9.17) is 14.2 Å². The Balaban J connectivity index is 1.93. The number of carboxylic acids is 1. The maximum Gasteiger partial charge on any atom is 0.313 e. The van der Waals surface area contributed by atoms with Gasteiger partial charge in [0.15, 0.2) is 11.5 Å². The van der Waals surface area contributed by atoms with Crippen LogP contribution in [0, 0.1) is 15.5 Å². The van der Waals surface area contributed by atoms with Crippen LogP contribution >= 0.6 is 0 Å². The first-order chi connectivity index (χ1) is 12.4. The van der Waals surface area contributed by atoms with Crippen molar-refractivity contribution in [3.8, 4) is 11.5 Å². The van der Waals surface area contributed by atoms with Crippen molar-refractivity contribution in [3.05, 3.63) is 27.8 Å². The second-order valence-electron chi connectivity index (χ2n) is 6.27. The zero-order chi connectivity index (χ0) is 18.9. The van der Waals surface area contributed by atoms with Crippen molar-refractivity contribution in [2.24, 2.45) is 5.41 Å². The Morgan fingerprint density at radius 3 is 2.58 bits per heavy atom. The van der Waals surface area contributed by atoms with E-state index in [9.17, 15) is 24.8 Å². The van der Waals surface area contributed by atoms with Crippen LogP contribution in [0.2, 0.25) is 0 Å². The molecule has 140 valence electrons. The fourth-order valence-corrected chi connectivity index (χ4v) is 3.25. The molecule has 1 saturated heterocycles. The molecule has 26 heavy (non-hydrogen) atoms. The molecule has 1 aromatic rings. The molecule has 0 radical (unpaired) electrons. The van der Waals surface area contributed by atoms with E-state index in [-0.39, 0.29) is 56.4 Å². The predicted octanol–water partition coefficient (Wildman–Crippen LogP) is 0.929. The molecule has 1 fully saturated rings. The molecule has 0 aromatic heterocycles. The minimum Gasteiger partial charge on any atom is -0.486 e. The van der Waals surface area contributed by atoms with Crippen LogP contribution in [0.3, 0.4) is 0 Å². The molecule has 10 nitrogen and oxygen atoms in total. The van der Waals surface area contributed by atoms with Gasteiger partial charge in [0.1, 0.15) is 24.2 Å². The third-order valence-corrected chi connectivity index (χ3v) is 4.60. The number of benzene rings is 1. The summed E-state index contributed by atoms with van der Waals surface area (Å²) in [5.41, 5.74) is -1.77. The van der Waals surface area contributed by atoms with E-state index in [0.29, 0.717) is 0 Å². The molecule has 2 aliphatic rings. The van der Waals surface area contributed by atoms with Gasteiger partial charge in [-0.25, -0.2) is 0 Å². The fraction of sp³-hybridized carbons (Fsp3) is 0.500. The van der Waals surface area contributed by atoms with Crippen LogP contribution in [0.25, 0.3) is 0 Å². The van der Waals surface area contributed by atoms with E-state index < -0.39 is 27.9 Å². The van der Waals surface area contributed by atoms with Gasteiger partial charge >= 0.3 is 5.97 Å². The number of methoxy groups -OCH3 is 1. The standard InChI is InChI=1S/C16H18N2O8/c1-24-9-16(15(20)21)2-3-17(8-16)14(19)10-6-12-13(26-5-4-25-12)7-11(10)18(22)23/h6-7H,2-5,8-9H2,1H3,(H,20,21). The summed E-state index contributed by atoms with van der Waals surface area (Å²) in [7, 11) is 1.39. The Morgan fingerprint density at radius 1 is 1.35 bits per heavy atom. The highest BCUT2D eigenvalue weighted by Crippen LogP contribution is 2.39. The van der Waals surface area contributed by atoms with Crippen molar-refractivity contribution in [1.29, 1.82) is 0 Å². The van der Waals surface area contributed by atoms with E-state index in [1.54, 1.807) is 0 Å². The van der Waals surface area contributed by atoms with Crippen LogP contribution in [0.1, 0.15) is 16.8 Å². The van der Waals surface area contributed by atoms with Gasteiger partial charge in [0.2, 0.25) is 0 Å². The van der Waals surface area contributed by atoms with Gasteiger partial charge in [0.25, 0.3) is 11.6 Å². The Hall–Kier alpha value is -2.88. The molecule has 1 N–H and O–H groups in total. The highest BCUT2D eigenvalue weighted by molar-refractivity contribution is 5.99. The van der Waals surface area contributed by atoms with Gasteiger partial charge in [-0.3, -0.25) is 19.7 Å². The third-order valence-electron chi connectivity index (χ3n) is 4.60. The first-order valence-corrected chi connectivity index (χ1v) is 7.97. The molecule has 2 heterocycles. The van der Waals surface area contributed by atoms with E-state index in [1.165, 1.54) is 18.1 Å². The van der Waals surface area contributed by atoms with Crippen LogP contribution in [0.15, 0.2) is 12.1 Å². The lowest BCUT2D eigenvalue weighted by molar-refractivity contribution is -0.385. The lowest BCUT2D eigenvalue weighted by Crippen LogP contribution is -2.40. The highest BCUT2D eigenvalue weighted by Gasteiger charge is 2.47. The van der Waals surface area contributed by atoms with Crippen LogP contribution in [0.4, 0.5) is 5.69 Å². The number of carbonyl (C=O) groups is 2. The number of hydrogen-bond donors (Lipinski definition) is 1. The molecular weight excluding hydrogens is 348 g/mol. The van der Waals surface area contributed by atoms with Crippen molar-refractivity contribution in [2.45, 2.75) is 6.42 Å². The average molecular weight is 366 g/mol. The zero-order valence-electron chi connectivity index (χ0n) is 14.1. The van der Waals surface area contributed by atoms with Crippen molar-refractivity contribution >= 4 is 17.6 Å². The smallest absolute Gasteiger partial charge is 0.313 e. The van der Waals surface area contributed by atoms with Crippen LogP contribution in [-0.2, 0) is 9.53 Å². The SMILES string of the molecule is COCC1(C(=O)O)CCN(C(=O)c2cc3c(cc2[N+](=O)[O-])OCCO3)C1. The normalized spacial score (nSPS) is 21.5. The lowest BCUT2D eigenvalue weighted by Gasteiger charge is -2.24. The van der Waals surface area contributed by atoms with Crippen LogP contribution in [0.5, 0.6) is 11.5 Å². The number of nitro groups is 1. The fourth-order valence-electron chi connectivity index (χ4n) is 3.25. The summed E-state index contributed by atoms with van der Waals surface area (Å²) >= 11 is 0. The minimum atomic E-state index is -1.22. The molecule has 0 saturated carbocycles. The number of aliphatic carboxylic acids is 1. The molecule has 1 aromatic carbocycles. The number of nitro benzene ring substituents is 1. The first kappa shape index (κ1) is 17.9. The highest BCUT2D eigenvalue weighted by atomic mass is 16.6. The molecule has 2 aliphatic heterocycles. The summed E-state index contributed by atoms with van der Waals surface area (Å²) in [5, 5.41) is 20.9. The largest absolute Gasteiger partial charge is 0.486 e. The maximum absolute atomic E-state index is 12.9. The average Bonchev–Trinajstić information content (AvgIpc) is 3.06. The number of carboxylic acid groups (broad SMARTS) is 1. The first-order valence-electron chi connectivity index (χ1n) is 7.97. The van der Waals surface area contributed by atoms with Gasteiger partial charge in [0.05, 0.1) is 17.6 Å². The van der Waals surface area contributed by atoms with Gasteiger partial charge in [-0.2, -0.15) is 0 Å². The number of fused-ring (bicyclic) bond motifs is 1. The van der Waals surface area contributed by atoms with E-state index in [2.05, 4.69) is 0 Å². The Labute approximate surface area is 148 Å². The predicted molar refractivity (Wildman–Crippen MR) is 86.6 cm³/mol. The number of nitrogens with zero attached hydrogens (tertiary/aromatic N) is 2. The van der Waals surface area contributed by atoms with E-state index in [1.807, 2.05) is 0 Å². The summed E-state index contributed by atoms with van der Waals surface area (Å²) in [5.74, 6) is -1.22.